The first kappa shape index (κ1) is 29.9. The number of fused-ring (bicyclic) bond motifs is 1. The third-order valence-electron chi connectivity index (χ3n) is 7.82. The van der Waals surface area contributed by atoms with Crippen LogP contribution in [0.4, 0.5) is 5.82 Å². The Balaban J connectivity index is 0.000000557. The molecule has 3 aromatic heterocycles. The Morgan fingerprint density at radius 3 is 2.17 bits per heavy atom. The second kappa shape index (κ2) is 15.6. The number of likely N-dealkylation sites (tertiary alicyclic amines) is 1. The van der Waals surface area contributed by atoms with Crippen molar-refractivity contribution in [3.8, 4) is 11.3 Å². The fourth-order valence-electron chi connectivity index (χ4n) is 5.47. The Morgan fingerprint density at radius 2 is 1.52 bits per heavy atom. The Kier molecular flexibility index (Phi) is 11.7. The summed E-state index contributed by atoms with van der Waals surface area (Å²) >= 11 is 0. The van der Waals surface area contributed by atoms with E-state index in [1.165, 1.54) is 77.3 Å². The van der Waals surface area contributed by atoms with Crippen LogP contribution >= 0.6 is 0 Å². The molecule has 2 aliphatic heterocycles. The zero-order chi connectivity index (χ0) is 28.2. The van der Waals surface area contributed by atoms with Crippen LogP contribution in [0.25, 0.3) is 22.3 Å². The summed E-state index contributed by atoms with van der Waals surface area (Å²) < 4.78 is 1.81. The van der Waals surface area contributed by atoms with E-state index in [0.717, 1.165) is 54.2 Å². The zero-order valence-corrected chi connectivity index (χ0v) is 24.9. The lowest BCUT2D eigenvalue weighted by molar-refractivity contribution is 0.0941. The number of carbonyl (C=O) groups excluding carboxylic acids is 1. The first-order chi connectivity index (χ1) is 19.6. The van der Waals surface area contributed by atoms with E-state index in [1.54, 1.807) is 12.4 Å². The lowest BCUT2D eigenvalue weighted by Crippen LogP contribution is -2.29. The summed E-state index contributed by atoms with van der Waals surface area (Å²) in [6.07, 6.45) is 17.4. The number of anilines is 1. The summed E-state index contributed by atoms with van der Waals surface area (Å²) in [7, 11) is 1.91. The molecule has 2 fully saturated rings. The molecular formula is C31H48N8O. The minimum atomic E-state index is -0.234. The number of aromatic nitrogens is 5. The molecule has 2 saturated heterocycles. The number of pyridine rings is 1. The molecule has 0 bridgehead atoms. The van der Waals surface area contributed by atoms with Crippen molar-refractivity contribution in [2.45, 2.75) is 84.5 Å². The third-order valence-corrected chi connectivity index (χ3v) is 7.82. The highest BCUT2D eigenvalue weighted by molar-refractivity contribution is 5.93. The summed E-state index contributed by atoms with van der Waals surface area (Å²) in [5.41, 5.74) is 2.40. The number of aryl methyl sites for hydroxylation is 1. The van der Waals surface area contributed by atoms with E-state index in [4.69, 9.17) is 4.98 Å². The van der Waals surface area contributed by atoms with E-state index in [2.05, 4.69) is 56.2 Å². The van der Waals surface area contributed by atoms with Crippen molar-refractivity contribution in [1.29, 1.82) is 0 Å². The molecule has 0 saturated carbocycles. The van der Waals surface area contributed by atoms with Crippen molar-refractivity contribution in [2.75, 3.05) is 44.2 Å². The predicted molar refractivity (Wildman–Crippen MR) is 163 cm³/mol. The van der Waals surface area contributed by atoms with Gasteiger partial charge in [0.2, 0.25) is 5.82 Å². The average Bonchev–Trinajstić information content (AvgIpc) is 3.53. The number of carbonyl (C=O) groups is 1. The number of hydrogen-bond donors (Lipinski definition) is 1. The third kappa shape index (κ3) is 8.22. The van der Waals surface area contributed by atoms with E-state index in [1.807, 2.05) is 11.7 Å². The quantitative estimate of drug-likeness (QED) is 0.329. The molecule has 0 aliphatic carbocycles. The maximum Gasteiger partial charge on any atom is 0.289 e. The van der Waals surface area contributed by atoms with Gasteiger partial charge in [-0.05, 0) is 63.9 Å². The highest BCUT2D eigenvalue weighted by Gasteiger charge is 2.18. The molecule has 1 N–H and O–H groups in total. The molecule has 0 aromatic carbocycles. The normalized spacial score (nSPS) is 16.0. The lowest BCUT2D eigenvalue weighted by Gasteiger charge is -2.21. The summed E-state index contributed by atoms with van der Waals surface area (Å²) in [6.45, 7) is 10.6. The number of nitrogens with one attached hydrogen (secondary N) is 1. The predicted octanol–water partition coefficient (Wildman–Crippen LogP) is 5.61. The smallest absolute Gasteiger partial charge is 0.289 e. The Labute approximate surface area is 239 Å². The van der Waals surface area contributed by atoms with Crippen LogP contribution in [0.2, 0.25) is 0 Å². The van der Waals surface area contributed by atoms with E-state index in [-0.39, 0.29) is 11.7 Å². The van der Waals surface area contributed by atoms with E-state index < -0.39 is 0 Å². The van der Waals surface area contributed by atoms with Crippen LogP contribution in [-0.4, -0.2) is 74.8 Å². The van der Waals surface area contributed by atoms with Gasteiger partial charge in [0.1, 0.15) is 11.5 Å². The van der Waals surface area contributed by atoms with Crippen molar-refractivity contribution >= 4 is 22.8 Å². The summed E-state index contributed by atoms with van der Waals surface area (Å²) in [4.78, 5) is 30.8. The number of hydrogen-bond acceptors (Lipinski definition) is 7. The van der Waals surface area contributed by atoms with Crippen molar-refractivity contribution in [2.24, 2.45) is 7.05 Å². The van der Waals surface area contributed by atoms with Crippen LogP contribution < -0.4 is 10.2 Å². The van der Waals surface area contributed by atoms with Gasteiger partial charge in [-0.1, -0.05) is 52.4 Å². The molecule has 0 unspecified atom stereocenters. The summed E-state index contributed by atoms with van der Waals surface area (Å²) in [6, 6.07) is 4.18. The van der Waals surface area contributed by atoms with E-state index in [9.17, 15) is 4.79 Å². The Bertz CT molecular complexity index is 1170. The molecule has 218 valence electrons. The topological polar surface area (TPSA) is 92.1 Å². The van der Waals surface area contributed by atoms with Gasteiger partial charge < -0.3 is 15.1 Å². The molecular weight excluding hydrogens is 500 g/mol. The van der Waals surface area contributed by atoms with Gasteiger partial charge in [-0.15, -0.1) is 0 Å². The van der Waals surface area contributed by atoms with Crippen LogP contribution in [-0.2, 0) is 7.05 Å². The van der Waals surface area contributed by atoms with Crippen LogP contribution in [0.5, 0.6) is 0 Å². The van der Waals surface area contributed by atoms with E-state index in [0.29, 0.717) is 6.54 Å². The monoisotopic (exact) mass is 548 g/mol. The van der Waals surface area contributed by atoms with Crippen LogP contribution in [0.1, 0.15) is 95.1 Å². The lowest BCUT2D eigenvalue weighted by atomic mass is 10.1. The molecule has 5 heterocycles. The van der Waals surface area contributed by atoms with Crippen LogP contribution in [0, 0.1) is 0 Å². The minimum absolute atomic E-state index is 0.187. The maximum atomic E-state index is 12.4. The average molecular weight is 549 g/mol. The Morgan fingerprint density at radius 1 is 0.875 bits per heavy atom. The van der Waals surface area contributed by atoms with Crippen molar-refractivity contribution in [3.63, 3.8) is 0 Å². The van der Waals surface area contributed by atoms with Gasteiger partial charge in [-0.3, -0.25) is 4.79 Å². The molecule has 3 aromatic rings. The van der Waals surface area contributed by atoms with Crippen LogP contribution in [0.3, 0.4) is 0 Å². The molecule has 9 heteroatoms. The zero-order valence-electron chi connectivity index (χ0n) is 24.9. The standard InChI is InChI=1S/C25H34N8O.C6H14/c1-31-24-20(9-10-21(29-24)33-15-4-2-3-5-16-33)22(30-31)19-17-27-23(28-18-19)25(34)26-11-8-14-32-12-6-7-13-32;1-3-5-6-4-2/h9-10,17-18H,2-8,11-16H2,1H3,(H,26,34);3-6H2,1-2H3. The first-order valence-electron chi connectivity index (χ1n) is 15.5. The summed E-state index contributed by atoms with van der Waals surface area (Å²) in [5.74, 6) is 0.964. The largest absolute Gasteiger partial charge is 0.357 e. The van der Waals surface area contributed by atoms with Gasteiger partial charge in [-0.2, -0.15) is 5.10 Å². The van der Waals surface area contributed by atoms with Gasteiger partial charge in [0.25, 0.3) is 5.91 Å². The summed E-state index contributed by atoms with van der Waals surface area (Å²) in [5, 5.41) is 8.58. The molecule has 0 radical (unpaired) electrons. The number of nitrogens with zero attached hydrogens (tertiary/aromatic N) is 7. The first-order valence-corrected chi connectivity index (χ1v) is 15.5. The molecule has 5 rings (SSSR count). The van der Waals surface area contributed by atoms with Gasteiger partial charge in [-0.25, -0.2) is 19.6 Å². The van der Waals surface area contributed by atoms with Gasteiger partial charge >= 0.3 is 0 Å². The van der Waals surface area contributed by atoms with Gasteiger partial charge in [0.15, 0.2) is 5.65 Å². The number of amides is 1. The molecule has 1 amide bonds. The molecule has 0 spiro atoms. The fourth-order valence-corrected chi connectivity index (χ4v) is 5.47. The number of unbranched alkanes of at least 4 members (excludes halogenated alkanes) is 3. The van der Waals surface area contributed by atoms with Gasteiger partial charge in [0.05, 0.1) is 0 Å². The van der Waals surface area contributed by atoms with Crippen LogP contribution in [0.15, 0.2) is 24.5 Å². The van der Waals surface area contributed by atoms with Gasteiger partial charge in [0, 0.05) is 50.0 Å². The molecule has 40 heavy (non-hydrogen) atoms. The maximum absolute atomic E-state index is 12.4. The van der Waals surface area contributed by atoms with Crippen molar-refractivity contribution in [1.82, 2.24) is 34.9 Å². The molecule has 0 atom stereocenters. The molecule has 2 aliphatic rings. The highest BCUT2D eigenvalue weighted by atomic mass is 16.2. The second-order valence-electron chi connectivity index (χ2n) is 11.1. The Hall–Kier alpha value is -3.07. The SMILES string of the molecule is CCCCCC.Cn1nc(-c2cnc(C(=O)NCCCN3CCCC3)nc2)c2ccc(N3CCCCCC3)nc21. The van der Waals surface area contributed by atoms with Crippen molar-refractivity contribution < 1.29 is 4.79 Å². The van der Waals surface area contributed by atoms with Crippen molar-refractivity contribution in [3.05, 3.63) is 30.4 Å². The van der Waals surface area contributed by atoms with E-state index >= 15 is 0 Å². The minimum Gasteiger partial charge on any atom is -0.357 e. The number of rotatable bonds is 10. The fraction of sp³-hybridized carbons (Fsp3) is 0.645. The molecule has 9 nitrogen and oxygen atoms in total. The second-order valence-corrected chi connectivity index (χ2v) is 11.1. The highest BCUT2D eigenvalue weighted by Crippen LogP contribution is 2.28.